The monoisotopic (exact) mass is 319 g/mol. The fraction of sp³-hybridized carbons (Fsp3) is 0.500. The highest BCUT2D eigenvalue weighted by atomic mass is 16.6. The second-order valence-electron chi connectivity index (χ2n) is 6.18. The number of terminal acetylenes is 1. The molecule has 0 heterocycles. The zero-order valence-corrected chi connectivity index (χ0v) is 13.9. The van der Waals surface area contributed by atoms with Crippen molar-refractivity contribution in [1.82, 2.24) is 5.32 Å². The summed E-state index contributed by atoms with van der Waals surface area (Å²) in [7, 11) is 0. The summed E-state index contributed by atoms with van der Waals surface area (Å²) >= 11 is 0. The molecule has 1 aromatic rings. The average molecular weight is 319 g/mol. The summed E-state index contributed by atoms with van der Waals surface area (Å²) in [6.07, 6.45) is 4.53. The highest BCUT2D eigenvalue weighted by molar-refractivity contribution is 5.68. The lowest BCUT2D eigenvalue weighted by molar-refractivity contribution is -0.00434. The van der Waals surface area contributed by atoms with Crippen LogP contribution < -0.4 is 5.32 Å². The normalized spacial score (nSPS) is 13.7. The van der Waals surface area contributed by atoms with E-state index >= 15 is 0 Å². The van der Waals surface area contributed by atoms with Crippen molar-refractivity contribution in [2.75, 3.05) is 6.61 Å². The Kier molecular flexibility index (Phi) is 7.60. The van der Waals surface area contributed by atoms with Crippen LogP contribution in [0.3, 0.4) is 0 Å². The molecule has 23 heavy (non-hydrogen) atoms. The molecule has 1 amide bonds. The predicted octanol–water partition coefficient (Wildman–Crippen LogP) is 2.48. The number of nitrogens with one attached hydrogen (secondary N) is 1. The van der Waals surface area contributed by atoms with E-state index < -0.39 is 23.8 Å². The maximum Gasteiger partial charge on any atom is 0.408 e. The van der Waals surface area contributed by atoms with Gasteiger partial charge in [-0.2, -0.15) is 0 Å². The minimum Gasteiger partial charge on any atom is -0.444 e. The highest BCUT2D eigenvalue weighted by Crippen LogP contribution is 2.11. The van der Waals surface area contributed by atoms with Crippen molar-refractivity contribution in [1.29, 1.82) is 0 Å². The van der Waals surface area contributed by atoms with Crippen LogP contribution in [0.2, 0.25) is 0 Å². The van der Waals surface area contributed by atoms with Gasteiger partial charge in [-0.05, 0) is 26.3 Å². The topological polar surface area (TPSA) is 67.8 Å². The molecule has 0 bridgehead atoms. The van der Waals surface area contributed by atoms with Gasteiger partial charge < -0.3 is 19.9 Å². The van der Waals surface area contributed by atoms with Gasteiger partial charge in [-0.3, -0.25) is 0 Å². The minimum absolute atomic E-state index is 0.272. The zero-order valence-electron chi connectivity index (χ0n) is 13.9. The van der Waals surface area contributed by atoms with Crippen LogP contribution in [0.1, 0.15) is 32.8 Å². The van der Waals surface area contributed by atoms with Crippen LogP contribution in [0.25, 0.3) is 0 Å². The van der Waals surface area contributed by atoms with Crippen molar-refractivity contribution in [3.8, 4) is 12.3 Å². The van der Waals surface area contributed by atoms with Gasteiger partial charge in [0.25, 0.3) is 0 Å². The van der Waals surface area contributed by atoms with Gasteiger partial charge in [-0.15, -0.1) is 12.3 Å². The smallest absolute Gasteiger partial charge is 0.408 e. The third-order valence-electron chi connectivity index (χ3n) is 2.97. The first-order valence-corrected chi connectivity index (χ1v) is 7.55. The molecule has 0 radical (unpaired) electrons. The molecule has 1 aromatic carbocycles. The Morgan fingerprint density at radius 1 is 1.35 bits per heavy atom. The van der Waals surface area contributed by atoms with Gasteiger partial charge in [-0.25, -0.2) is 4.79 Å². The lowest BCUT2D eigenvalue weighted by Crippen LogP contribution is -2.48. The van der Waals surface area contributed by atoms with Gasteiger partial charge in [0, 0.05) is 6.42 Å². The van der Waals surface area contributed by atoms with Crippen molar-refractivity contribution >= 4 is 6.09 Å². The standard InChI is InChI=1S/C18H25NO4/c1-5-9-16(22-13-14-10-7-6-8-11-14)15(12-20)19-17(21)23-18(2,3)4/h1,6-8,10-11,15-16,20H,9,12-13H2,2-4H3,(H,19,21). The van der Waals surface area contributed by atoms with Crippen LogP contribution in [0.5, 0.6) is 0 Å². The number of carbonyl (C=O) groups excluding carboxylic acids is 1. The number of ether oxygens (including phenoxy) is 2. The van der Waals surface area contributed by atoms with Gasteiger partial charge in [0.2, 0.25) is 0 Å². The summed E-state index contributed by atoms with van der Waals surface area (Å²) in [5, 5.41) is 12.2. The minimum atomic E-state index is -0.635. The third kappa shape index (κ3) is 7.68. The van der Waals surface area contributed by atoms with Gasteiger partial charge in [0.15, 0.2) is 0 Å². The maximum absolute atomic E-state index is 11.9. The molecular formula is C18H25NO4. The molecule has 0 aliphatic rings. The first-order valence-electron chi connectivity index (χ1n) is 7.55. The molecule has 0 saturated carbocycles. The molecule has 126 valence electrons. The van der Waals surface area contributed by atoms with E-state index in [-0.39, 0.29) is 13.0 Å². The number of hydrogen-bond donors (Lipinski definition) is 2. The second-order valence-corrected chi connectivity index (χ2v) is 6.18. The van der Waals surface area contributed by atoms with Crippen LogP contribution in [-0.2, 0) is 16.1 Å². The maximum atomic E-state index is 11.9. The molecule has 0 spiro atoms. The van der Waals surface area contributed by atoms with Crippen LogP contribution in [-0.4, -0.2) is 35.6 Å². The van der Waals surface area contributed by atoms with E-state index in [1.54, 1.807) is 20.8 Å². The number of alkyl carbamates (subject to hydrolysis) is 1. The molecule has 2 N–H and O–H groups in total. The molecular weight excluding hydrogens is 294 g/mol. The van der Waals surface area contributed by atoms with Crippen molar-refractivity contribution < 1.29 is 19.4 Å². The highest BCUT2D eigenvalue weighted by Gasteiger charge is 2.25. The molecule has 1 rings (SSSR count). The van der Waals surface area contributed by atoms with Crippen LogP contribution in [0.4, 0.5) is 4.79 Å². The Balaban J connectivity index is 2.64. The predicted molar refractivity (Wildman–Crippen MR) is 88.7 cm³/mol. The van der Waals surface area contributed by atoms with E-state index in [9.17, 15) is 9.90 Å². The van der Waals surface area contributed by atoms with Crippen molar-refractivity contribution in [3.05, 3.63) is 35.9 Å². The van der Waals surface area contributed by atoms with Gasteiger partial charge >= 0.3 is 6.09 Å². The van der Waals surface area contributed by atoms with Crippen LogP contribution in [0.15, 0.2) is 30.3 Å². The van der Waals surface area contributed by atoms with E-state index in [0.29, 0.717) is 6.61 Å². The molecule has 5 nitrogen and oxygen atoms in total. The number of hydrogen-bond acceptors (Lipinski definition) is 4. The third-order valence-corrected chi connectivity index (χ3v) is 2.97. The number of aliphatic hydroxyl groups excluding tert-OH is 1. The average Bonchev–Trinajstić information content (AvgIpc) is 2.48. The van der Waals surface area contributed by atoms with Crippen LogP contribution >= 0.6 is 0 Å². The van der Waals surface area contributed by atoms with Gasteiger partial charge in [0.05, 0.1) is 25.4 Å². The number of carbonyl (C=O) groups is 1. The van der Waals surface area contributed by atoms with Crippen molar-refractivity contribution in [3.63, 3.8) is 0 Å². The first-order chi connectivity index (χ1) is 10.9. The number of rotatable bonds is 7. The number of aliphatic hydroxyl groups is 1. The fourth-order valence-corrected chi connectivity index (χ4v) is 1.93. The first kappa shape index (κ1) is 19.0. The molecule has 0 saturated heterocycles. The largest absolute Gasteiger partial charge is 0.444 e. The van der Waals surface area contributed by atoms with E-state index in [1.165, 1.54) is 0 Å². The lowest BCUT2D eigenvalue weighted by Gasteiger charge is -2.27. The van der Waals surface area contributed by atoms with Crippen molar-refractivity contribution in [2.45, 2.75) is 51.5 Å². The number of benzene rings is 1. The molecule has 2 atom stereocenters. The molecule has 5 heteroatoms. The zero-order chi connectivity index (χ0) is 17.3. The van der Waals surface area contributed by atoms with E-state index in [2.05, 4.69) is 11.2 Å². The molecule has 0 aliphatic heterocycles. The Hall–Kier alpha value is -2.03. The number of amides is 1. The fourth-order valence-electron chi connectivity index (χ4n) is 1.93. The molecule has 0 fully saturated rings. The lowest BCUT2D eigenvalue weighted by atomic mass is 10.1. The van der Waals surface area contributed by atoms with E-state index in [4.69, 9.17) is 15.9 Å². The molecule has 0 aliphatic carbocycles. The Labute approximate surface area is 138 Å². The Bertz CT molecular complexity index is 516. The van der Waals surface area contributed by atoms with Gasteiger partial charge in [0.1, 0.15) is 5.60 Å². The summed E-state index contributed by atoms with van der Waals surface area (Å²) in [5.74, 6) is 2.51. The van der Waals surface area contributed by atoms with E-state index in [1.807, 2.05) is 30.3 Å². The summed E-state index contributed by atoms with van der Waals surface area (Å²) < 4.78 is 11.0. The van der Waals surface area contributed by atoms with E-state index in [0.717, 1.165) is 5.56 Å². The summed E-state index contributed by atoms with van der Waals surface area (Å²) in [4.78, 5) is 11.9. The van der Waals surface area contributed by atoms with Gasteiger partial charge in [-0.1, -0.05) is 30.3 Å². The quantitative estimate of drug-likeness (QED) is 0.758. The second kappa shape index (κ2) is 9.19. The Morgan fingerprint density at radius 2 is 2.00 bits per heavy atom. The Morgan fingerprint density at radius 3 is 2.52 bits per heavy atom. The van der Waals surface area contributed by atoms with Crippen LogP contribution in [0, 0.1) is 12.3 Å². The molecule has 0 aromatic heterocycles. The summed E-state index contributed by atoms with van der Waals surface area (Å²) in [6, 6.07) is 8.98. The SMILES string of the molecule is C#CCC(OCc1ccccc1)C(CO)NC(=O)OC(C)(C)C. The summed E-state index contributed by atoms with van der Waals surface area (Å²) in [6.45, 7) is 5.36. The summed E-state index contributed by atoms with van der Waals surface area (Å²) in [5.41, 5.74) is 0.375. The van der Waals surface area contributed by atoms with Crippen molar-refractivity contribution in [2.24, 2.45) is 0 Å². The molecule has 2 unspecified atom stereocenters.